The van der Waals surface area contributed by atoms with Crippen LogP contribution in [0.15, 0.2) is 146 Å². The molecule has 0 fully saturated rings. The van der Waals surface area contributed by atoms with Gasteiger partial charge in [-0.1, -0.05) is 127 Å². The summed E-state index contributed by atoms with van der Waals surface area (Å²) in [5.74, 6) is 2.51. The highest BCUT2D eigenvalue weighted by atomic mass is 35.5. The maximum absolute atomic E-state index is 14.1. The van der Waals surface area contributed by atoms with Crippen LogP contribution in [-0.4, -0.2) is 16.6 Å². The number of nitrogens with zero attached hydrogens (tertiary/aromatic N) is 1. The van der Waals surface area contributed by atoms with E-state index in [4.69, 9.17) is 16.3 Å². The first-order valence-corrected chi connectivity index (χ1v) is 15.6. The number of aromatic nitrogens is 1. The van der Waals surface area contributed by atoms with E-state index in [1.807, 2.05) is 115 Å². The Bertz CT molecular complexity index is 1770. The molecule has 1 aromatic heterocycles. The molecule has 0 radical (unpaired) electrons. The highest BCUT2D eigenvalue weighted by molar-refractivity contribution is 7.95. The van der Waals surface area contributed by atoms with Gasteiger partial charge < -0.3 is 4.74 Å². The third-order valence-electron chi connectivity index (χ3n) is 7.02. The molecule has 0 amide bonds. The number of ketones is 1. The van der Waals surface area contributed by atoms with Crippen LogP contribution in [-0.2, 0) is 6.61 Å². The van der Waals surface area contributed by atoms with Crippen molar-refractivity contribution in [2.45, 2.75) is 6.61 Å². The zero-order chi connectivity index (χ0) is 28.1. The summed E-state index contributed by atoms with van der Waals surface area (Å²) in [5.41, 5.74) is 2.18. The van der Waals surface area contributed by atoms with E-state index in [0.29, 0.717) is 16.3 Å². The number of ether oxygens (including phenoxy) is 1. The first kappa shape index (κ1) is 26.8. The van der Waals surface area contributed by atoms with Crippen molar-refractivity contribution < 1.29 is 9.53 Å². The highest BCUT2D eigenvalue weighted by Gasteiger charge is 2.26. The Hall–Kier alpha value is -4.43. The minimum absolute atomic E-state index is 0.0428. The summed E-state index contributed by atoms with van der Waals surface area (Å²) in [6.07, 6.45) is 0. The fourth-order valence-electron chi connectivity index (χ4n) is 5.02. The van der Waals surface area contributed by atoms with E-state index < -0.39 is 6.89 Å². The van der Waals surface area contributed by atoms with Gasteiger partial charge in [0.2, 0.25) is 0 Å². The zero-order valence-corrected chi connectivity index (χ0v) is 23.9. The van der Waals surface area contributed by atoms with Gasteiger partial charge in [0.05, 0.1) is 11.2 Å². The van der Waals surface area contributed by atoms with Crippen LogP contribution < -0.4 is 20.7 Å². The number of pyridine rings is 1. The summed E-state index contributed by atoms with van der Waals surface area (Å²) in [7, 11) is 0. The molecule has 1 heterocycles. The molecule has 6 aromatic rings. The van der Waals surface area contributed by atoms with Gasteiger partial charge in [-0.05, 0) is 58.9 Å². The van der Waals surface area contributed by atoms with E-state index in [2.05, 4.69) is 41.4 Å². The van der Waals surface area contributed by atoms with Crippen molar-refractivity contribution in [2.75, 3.05) is 0 Å². The summed E-state index contributed by atoms with van der Waals surface area (Å²) in [6, 6.07) is 48.0. The lowest BCUT2D eigenvalue weighted by Gasteiger charge is -2.28. The van der Waals surface area contributed by atoms with Crippen LogP contribution in [0, 0.1) is 0 Å². The fraction of sp³-hybridized carbons (Fsp3) is 0.0278. The van der Waals surface area contributed by atoms with Crippen LogP contribution in [0.1, 0.15) is 16.1 Å². The van der Waals surface area contributed by atoms with Crippen molar-refractivity contribution in [3.63, 3.8) is 0 Å². The quantitative estimate of drug-likeness (QED) is 0.141. The normalized spacial score (nSPS) is 11.2. The predicted octanol–water partition coefficient (Wildman–Crippen LogP) is 7.45. The SMILES string of the molecule is O=C(C=P(c1ccccc1)(c1ccccc1)c1ccccc1)c1cccc(OCc2ccc3ccc(Cl)cc3n2)c1. The number of benzene rings is 5. The van der Waals surface area contributed by atoms with Crippen LogP contribution in [0.5, 0.6) is 5.75 Å². The van der Waals surface area contributed by atoms with E-state index in [1.165, 1.54) is 0 Å². The lowest BCUT2D eigenvalue weighted by Crippen LogP contribution is -2.28. The molecular formula is C36H27ClNO2P. The van der Waals surface area contributed by atoms with E-state index in [-0.39, 0.29) is 12.4 Å². The molecular weight excluding hydrogens is 545 g/mol. The Labute approximate surface area is 245 Å². The van der Waals surface area contributed by atoms with Crippen molar-refractivity contribution in [3.05, 3.63) is 162 Å². The number of hydrogen-bond donors (Lipinski definition) is 0. The molecule has 0 saturated heterocycles. The monoisotopic (exact) mass is 571 g/mol. The van der Waals surface area contributed by atoms with Crippen LogP contribution in [0.2, 0.25) is 5.02 Å². The summed E-state index contributed by atoms with van der Waals surface area (Å²) in [5, 5.41) is 5.04. The maximum atomic E-state index is 14.1. The Balaban J connectivity index is 1.38. The van der Waals surface area contributed by atoms with Gasteiger partial charge in [0.1, 0.15) is 12.4 Å². The van der Waals surface area contributed by atoms with Crippen LogP contribution in [0.4, 0.5) is 0 Å². The molecule has 0 aliphatic rings. The lowest BCUT2D eigenvalue weighted by atomic mass is 10.1. The molecule has 0 spiro atoms. The van der Waals surface area contributed by atoms with Crippen LogP contribution in [0.25, 0.3) is 10.9 Å². The topological polar surface area (TPSA) is 39.2 Å². The molecule has 5 aromatic carbocycles. The Morgan fingerprint density at radius 1 is 0.683 bits per heavy atom. The van der Waals surface area contributed by atoms with Crippen LogP contribution in [0.3, 0.4) is 0 Å². The van der Waals surface area contributed by atoms with Gasteiger partial charge in [-0.3, -0.25) is 4.79 Å². The van der Waals surface area contributed by atoms with Crippen molar-refractivity contribution in [1.82, 2.24) is 4.98 Å². The van der Waals surface area contributed by atoms with E-state index in [1.54, 1.807) is 0 Å². The first-order valence-electron chi connectivity index (χ1n) is 13.4. The lowest BCUT2D eigenvalue weighted by molar-refractivity contribution is 0.107. The van der Waals surface area contributed by atoms with Gasteiger partial charge in [-0.15, -0.1) is 0 Å². The Morgan fingerprint density at radius 2 is 1.27 bits per heavy atom. The molecule has 0 aliphatic heterocycles. The molecule has 41 heavy (non-hydrogen) atoms. The van der Waals surface area contributed by atoms with Crippen molar-refractivity contribution >= 4 is 56.9 Å². The summed E-state index contributed by atoms with van der Waals surface area (Å²) in [4.78, 5) is 18.8. The van der Waals surface area contributed by atoms with Gasteiger partial charge in [0.15, 0.2) is 5.78 Å². The van der Waals surface area contributed by atoms with Gasteiger partial charge >= 0.3 is 0 Å². The number of halogens is 1. The fourth-order valence-corrected chi connectivity index (χ4v) is 8.96. The Morgan fingerprint density at radius 3 is 1.88 bits per heavy atom. The van der Waals surface area contributed by atoms with Gasteiger partial charge in [-0.2, -0.15) is 0 Å². The number of hydrogen-bond acceptors (Lipinski definition) is 3. The standard InChI is InChI=1S/C36H27ClNO2P/c37-29-21-19-27-20-22-30(38-35(27)24-29)25-40-31-12-10-11-28(23-31)36(39)26-41(32-13-4-1-5-14-32,33-15-6-2-7-16-33)34-17-8-3-9-18-34/h1-24,26H,25H2. The molecule has 0 atom stereocenters. The molecule has 6 rings (SSSR count). The molecule has 0 N–H and O–H groups in total. The average molecular weight is 572 g/mol. The van der Waals surface area contributed by atoms with Gasteiger partial charge in [0, 0.05) is 16.0 Å². The third-order valence-corrected chi connectivity index (χ3v) is 11.2. The second kappa shape index (κ2) is 12.0. The van der Waals surface area contributed by atoms with Crippen molar-refractivity contribution in [2.24, 2.45) is 0 Å². The van der Waals surface area contributed by atoms with E-state index >= 15 is 0 Å². The first-order chi connectivity index (χ1) is 20.1. The Kier molecular flexibility index (Phi) is 7.82. The molecule has 0 saturated carbocycles. The summed E-state index contributed by atoms with van der Waals surface area (Å²) in [6.45, 7) is -2.14. The molecule has 200 valence electrons. The second-order valence-corrected chi connectivity index (χ2v) is 13.4. The molecule has 0 aliphatic carbocycles. The third kappa shape index (κ3) is 5.74. The van der Waals surface area contributed by atoms with Crippen LogP contribution >= 0.6 is 18.5 Å². The summed E-state index contributed by atoms with van der Waals surface area (Å²) >= 11 is 6.15. The number of rotatable bonds is 8. The van der Waals surface area contributed by atoms with Crippen molar-refractivity contribution in [3.8, 4) is 5.75 Å². The molecule has 3 nitrogen and oxygen atoms in total. The van der Waals surface area contributed by atoms with E-state index in [0.717, 1.165) is 32.5 Å². The van der Waals surface area contributed by atoms with Crippen molar-refractivity contribution in [1.29, 1.82) is 0 Å². The number of carbonyl (C=O) groups excluding carboxylic acids is 1. The number of carbonyl (C=O) groups is 1. The maximum Gasteiger partial charge on any atom is 0.187 e. The average Bonchev–Trinajstić information content (AvgIpc) is 3.03. The largest absolute Gasteiger partial charge is 0.487 e. The number of fused-ring (bicyclic) bond motifs is 1. The predicted molar refractivity (Wildman–Crippen MR) is 173 cm³/mol. The zero-order valence-electron chi connectivity index (χ0n) is 22.2. The minimum atomic E-state index is -2.42. The smallest absolute Gasteiger partial charge is 0.187 e. The molecule has 0 unspecified atom stereocenters. The summed E-state index contributed by atoms with van der Waals surface area (Å²) < 4.78 is 6.09. The second-order valence-electron chi connectivity index (χ2n) is 9.68. The van der Waals surface area contributed by atoms with E-state index in [9.17, 15) is 4.79 Å². The highest BCUT2D eigenvalue weighted by Crippen LogP contribution is 2.44. The minimum Gasteiger partial charge on any atom is -0.487 e. The number of Topliss-reactive ketones (excluding diaryl/α,β-unsaturated/α-hetero) is 1. The van der Waals surface area contributed by atoms with Gasteiger partial charge in [-0.25, -0.2) is 4.98 Å². The molecule has 5 heteroatoms. The molecule has 0 bridgehead atoms. The van der Waals surface area contributed by atoms with Gasteiger partial charge in [0.25, 0.3) is 0 Å².